The molecule has 1 aromatic carbocycles. The van der Waals surface area contributed by atoms with Gasteiger partial charge in [0.1, 0.15) is 11.4 Å². The van der Waals surface area contributed by atoms with E-state index in [9.17, 15) is 14.4 Å². The van der Waals surface area contributed by atoms with Crippen LogP contribution in [0.3, 0.4) is 0 Å². The Labute approximate surface area is 150 Å². The molecule has 0 spiro atoms. The molecule has 1 amide bonds. The maximum Gasteiger partial charge on any atom is 0.326 e. The van der Waals surface area contributed by atoms with Crippen LogP contribution in [0.4, 0.5) is 5.69 Å². The third-order valence-corrected chi connectivity index (χ3v) is 3.72. The molecule has 25 heavy (non-hydrogen) atoms. The van der Waals surface area contributed by atoms with Crippen molar-refractivity contribution < 1.29 is 4.79 Å². The largest absolute Gasteiger partial charge is 0.392 e. The number of benzene rings is 1. The molecular formula is C16H22ClN5O3. The molecule has 1 atom stereocenters. The maximum absolute atomic E-state index is 12.1. The van der Waals surface area contributed by atoms with Gasteiger partial charge in [-0.2, -0.15) is 0 Å². The fourth-order valence-electron chi connectivity index (χ4n) is 2.21. The molecule has 0 saturated carbocycles. The number of hydrogen-bond donors (Lipinski definition) is 5. The Morgan fingerprint density at radius 1 is 1.12 bits per heavy atom. The Bertz CT molecular complexity index is 842. The predicted octanol–water partition coefficient (Wildman–Crippen LogP) is 0.620. The van der Waals surface area contributed by atoms with E-state index in [1.165, 1.54) is 5.56 Å². The zero-order chi connectivity index (χ0) is 17.9. The van der Waals surface area contributed by atoms with E-state index in [-0.39, 0.29) is 30.3 Å². The quantitative estimate of drug-likeness (QED) is 0.525. The van der Waals surface area contributed by atoms with Crippen LogP contribution in [0.15, 0.2) is 33.9 Å². The highest BCUT2D eigenvalue weighted by Crippen LogP contribution is 2.17. The van der Waals surface area contributed by atoms with Crippen molar-refractivity contribution in [1.29, 1.82) is 0 Å². The molecule has 0 saturated heterocycles. The summed E-state index contributed by atoms with van der Waals surface area (Å²) in [5.41, 5.74) is 11.4. The van der Waals surface area contributed by atoms with Crippen LogP contribution in [0.1, 0.15) is 47.4 Å². The number of nitrogen functional groups attached to an aromatic ring is 1. The van der Waals surface area contributed by atoms with Crippen molar-refractivity contribution in [2.45, 2.75) is 25.8 Å². The Morgan fingerprint density at radius 2 is 1.68 bits per heavy atom. The van der Waals surface area contributed by atoms with Crippen LogP contribution in [0, 0.1) is 0 Å². The van der Waals surface area contributed by atoms with Gasteiger partial charge in [0, 0.05) is 12.6 Å². The van der Waals surface area contributed by atoms with Crippen LogP contribution in [0.25, 0.3) is 0 Å². The minimum atomic E-state index is -0.808. The molecule has 0 fully saturated rings. The first kappa shape index (κ1) is 20.5. The molecule has 136 valence electrons. The summed E-state index contributed by atoms with van der Waals surface area (Å²) in [6, 6.07) is 7.39. The number of anilines is 1. The highest BCUT2D eigenvalue weighted by molar-refractivity contribution is 5.96. The summed E-state index contributed by atoms with van der Waals surface area (Å²) in [4.78, 5) is 38.9. The zero-order valence-electron chi connectivity index (χ0n) is 14.0. The van der Waals surface area contributed by atoms with Crippen LogP contribution in [0.5, 0.6) is 0 Å². The van der Waals surface area contributed by atoms with E-state index in [2.05, 4.69) is 24.1 Å². The van der Waals surface area contributed by atoms with Crippen molar-refractivity contribution in [1.82, 2.24) is 15.3 Å². The summed E-state index contributed by atoms with van der Waals surface area (Å²) in [6.07, 6.45) is 0. The molecule has 0 aliphatic carbocycles. The molecule has 1 heterocycles. The molecule has 2 rings (SSSR count). The van der Waals surface area contributed by atoms with Gasteiger partial charge in [0.25, 0.3) is 11.5 Å². The second kappa shape index (κ2) is 8.50. The van der Waals surface area contributed by atoms with Gasteiger partial charge in [-0.25, -0.2) is 4.79 Å². The summed E-state index contributed by atoms with van der Waals surface area (Å²) in [7, 11) is 0. The van der Waals surface area contributed by atoms with Crippen LogP contribution >= 0.6 is 12.4 Å². The van der Waals surface area contributed by atoms with Crippen LogP contribution in [-0.4, -0.2) is 22.4 Å². The Morgan fingerprint density at radius 3 is 2.24 bits per heavy atom. The lowest BCUT2D eigenvalue weighted by atomic mass is 9.99. The third-order valence-electron chi connectivity index (χ3n) is 3.72. The molecule has 0 aliphatic heterocycles. The summed E-state index contributed by atoms with van der Waals surface area (Å²) in [5.74, 6) is -0.240. The number of carbonyl (C=O) groups excluding carboxylic acids is 1. The first-order valence-electron chi connectivity index (χ1n) is 7.55. The van der Waals surface area contributed by atoms with E-state index >= 15 is 0 Å². The zero-order valence-corrected chi connectivity index (χ0v) is 14.8. The average Bonchev–Trinajstić information content (AvgIpc) is 2.55. The summed E-state index contributed by atoms with van der Waals surface area (Å²) in [5, 5.41) is 2.56. The van der Waals surface area contributed by atoms with Gasteiger partial charge in [-0.05, 0) is 17.0 Å². The first-order valence-corrected chi connectivity index (χ1v) is 7.55. The minimum Gasteiger partial charge on any atom is -0.392 e. The van der Waals surface area contributed by atoms with Crippen LogP contribution in [-0.2, 0) is 0 Å². The van der Waals surface area contributed by atoms with Crippen molar-refractivity contribution in [3.63, 3.8) is 0 Å². The van der Waals surface area contributed by atoms with Gasteiger partial charge in [0.15, 0.2) is 0 Å². The molecule has 0 radical (unpaired) electrons. The highest BCUT2D eigenvalue weighted by atomic mass is 35.5. The molecule has 1 aromatic heterocycles. The topological polar surface area (TPSA) is 147 Å². The van der Waals surface area contributed by atoms with Crippen molar-refractivity contribution >= 4 is 24.0 Å². The number of halogens is 1. The van der Waals surface area contributed by atoms with Gasteiger partial charge in [-0.1, -0.05) is 38.1 Å². The number of hydrogen-bond acceptors (Lipinski definition) is 5. The van der Waals surface area contributed by atoms with Crippen LogP contribution < -0.4 is 28.0 Å². The van der Waals surface area contributed by atoms with E-state index in [4.69, 9.17) is 11.5 Å². The molecule has 2 aromatic rings. The minimum absolute atomic E-state index is 0. The van der Waals surface area contributed by atoms with E-state index in [1.807, 2.05) is 29.2 Å². The lowest BCUT2D eigenvalue weighted by Crippen LogP contribution is -2.36. The molecule has 9 heteroatoms. The van der Waals surface area contributed by atoms with Crippen molar-refractivity contribution in [3.8, 4) is 0 Å². The molecule has 0 bridgehead atoms. The fourth-order valence-corrected chi connectivity index (χ4v) is 2.21. The average molecular weight is 368 g/mol. The number of rotatable bonds is 5. The standard InChI is InChI=1S/C16H21N5O3.ClH/c1-8(2)9-3-5-10(6-4-9)11(17)7-19-15(23)13-12(18)14(22)21-16(24)20-13;/h3-6,8,11H,7,17-18H2,1-2H3,(H,19,23)(H2,20,21,22,24);1H. The van der Waals surface area contributed by atoms with Gasteiger partial charge in [-0.3, -0.25) is 14.6 Å². The molecule has 8 nitrogen and oxygen atoms in total. The number of nitrogens with two attached hydrogens (primary N) is 2. The number of amides is 1. The van der Waals surface area contributed by atoms with Crippen molar-refractivity contribution in [2.75, 3.05) is 12.3 Å². The highest BCUT2D eigenvalue weighted by Gasteiger charge is 2.15. The van der Waals surface area contributed by atoms with Gasteiger partial charge < -0.3 is 21.8 Å². The first-order chi connectivity index (χ1) is 11.3. The number of carbonyl (C=O) groups is 1. The monoisotopic (exact) mass is 367 g/mol. The number of aromatic nitrogens is 2. The number of nitrogens with one attached hydrogen (secondary N) is 3. The smallest absolute Gasteiger partial charge is 0.326 e. The SMILES string of the molecule is CC(C)c1ccc(C(N)CNC(=O)c2[nH]c(=O)[nH]c(=O)c2N)cc1.Cl. The molecule has 0 aliphatic rings. The van der Waals surface area contributed by atoms with E-state index in [0.717, 1.165) is 5.56 Å². The summed E-state index contributed by atoms with van der Waals surface area (Å²) in [6.45, 7) is 4.33. The van der Waals surface area contributed by atoms with E-state index < -0.39 is 23.2 Å². The Balaban J connectivity index is 0.00000312. The normalized spacial score (nSPS) is 11.7. The molecular weight excluding hydrogens is 346 g/mol. The van der Waals surface area contributed by atoms with Gasteiger partial charge in [-0.15, -0.1) is 12.4 Å². The molecule has 1 unspecified atom stereocenters. The maximum atomic E-state index is 12.1. The van der Waals surface area contributed by atoms with Gasteiger partial charge in [0.2, 0.25) is 0 Å². The Kier molecular flexibility index (Phi) is 6.96. The van der Waals surface area contributed by atoms with Gasteiger partial charge in [0.05, 0.1) is 0 Å². The Hall–Kier alpha value is -2.58. The lowest BCUT2D eigenvalue weighted by Gasteiger charge is -2.15. The van der Waals surface area contributed by atoms with Crippen molar-refractivity contribution in [2.24, 2.45) is 5.73 Å². The van der Waals surface area contributed by atoms with E-state index in [0.29, 0.717) is 5.92 Å². The second-order valence-corrected chi connectivity index (χ2v) is 5.83. The van der Waals surface area contributed by atoms with Crippen LogP contribution in [0.2, 0.25) is 0 Å². The lowest BCUT2D eigenvalue weighted by molar-refractivity contribution is 0.0946. The second-order valence-electron chi connectivity index (χ2n) is 5.83. The molecule has 7 N–H and O–H groups in total. The summed E-state index contributed by atoms with van der Waals surface area (Å²) >= 11 is 0. The third kappa shape index (κ3) is 4.94. The van der Waals surface area contributed by atoms with Crippen molar-refractivity contribution in [3.05, 3.63) is 61.9 Å². The number of aromatic amines is 2. The fraction of sp³-hybridized carbons (Fsp3) is 0.312. The van der Waals surface area contributed by atoms with Gasteiger partial charge >= 0.3 is 5.69 Å². The predicted molar refractivity (Wildman–Crippen MR) is 99.1 cm³/mol. The summed E-state index contributed by atoms with van der Waals surface area (Å²) < 4.78 is 0. The number of H-pyrrole nitrogens is 2. The van der Waals surface area contributed by atoms with E-state index in [1.54, 1.807) is 0 Å².